The molecule has 0 bridgehead atoms. The third kappa shape index (κ3) is 7.73. The molecule has 16 nitrogen and oxygen atoms in total. The summed E-state index contributed by atoms with van der Waals surface area (Å²) in [4.78, 5) is 72.6. The first kappa shape index (κ1) is 41.6. The topological polar surface area (TPSA) is 193 Å². The number of nitrogens with one attached hydrogen (secondary N) is 4. The molecule has 8 rings (SSSR count). The molecule has 3 aromatic carbocycles. The van der Waals surface area contributed by atoms with Crippen molar-refractivity contribution >= 4 is 45.8 Å². The molecular formula is C45H54N8O8. The molecule has 3 aliphatic rings. The average molecular weight is 835 g/mol. The Bertz CT molecular complexity index is 2500. The van der Waals surface area contributed by atoms with Crippen molar-refractivity contribution in [2.75, 3.05) is 27.9 Å². The number of likely N-dealkylation sites (tertiary alicyclic amines) is 2. The third-order valence-electron chi connectivity index (χ3n) is 12.6. The van der Waals surface area contributed by atoms with Crippen LogP contribution in [0.2, 0.25) is 0 Å². The number of nitrogens with zero attached hydrogens (tertiary/aromatic N) is 4. The van der Waals surface area contributed by atoms with E-state index in [4.69, 9.17) is 28.9 Å². The number of methoxy groups -OCH3 is 3. The molecule has 0 saturated carbocycles. The van der Waals surface area contributed by atoms with E-state index in [0.29, 0.717) is 31.2 Å². The van der Waals surface area contributed by atoms with Crippen LogP contribution in [-0.2, 0) is 30.4 Å². The Balaban J connectivity index is 1.04. The Morgan fingerprint density at radius 1 is 0.852 bits per heavy atom. The van der Waals surface area contributed by atoms with Gasteiger partial charge in [0, 0.05) is 30.6 Å². The highest BCUT2D eigenvalue weighted by atomic mass is 16.5. The highest BCUT2D eigenvalue weighted by Crippen LogP contribution is 2.44. The highest BCUT2D eigenvalue weighted by Gasteiger charge is 2.43. The predicted molar refractivity (Wildman–Crippen MR) is 227 cm³/mol. The fraction of sp³-hybridized carbons (Fsp3) is 0.467. The molecule has 61 heavy (non-hydrogen) atoms. The number of carbonyl (C=O) groups is 4. The zero-order valence-electron chi connectivity index (χ0n) is 35.8. The van der Waals surface area contributed by atoms with Crippen molar-refractivity contribution in [1.29, 1.82) is 0 Å². The lowest BCUT2D eigenvalue weighted by atomic mass is 9.92. The van der Waals surface area contributed by atoms with Crippen molar-refractivity contribution in [3.05, 3.63) is 65.9 Å². The SMILES string of the molecule is COC(=O)NC(C(=O)N1C[C@@H](C)C[C@H]1c1ncc(-c2ccc3c(c2)COc2cc4c(ccc5nc([C@@H]6CC[C@H](C)N6C(=O)[C@@H](NC(=O)OC)C(C)C)[nH]c54)cc2-3)[nH]1)[C@@H](C)OC. The number of hydrogen-bond donors (Lipinski definition) is 4. The molecule has 7 atom stereocenters. The van der Waals surface area contributed by atoms with Gasteiger partial charge in [-0.25, -0.2) is 19.6 Å². The van der Waals surface area contributed by atoms with Gasteiger partial charge in [-0.1, -0.05) is 39.0 Å². The second kappa shape index (κ2) is 16.7. The maximum absolute atomic E-state index is 14.0. The van der Waals surface area contributed by atoms with Crippen molar-refractivity contribution in [3.8, 4) is 28.1 Å². The summed E-state index contributed by atoms with van der Waals surface area (Å²) in [6, 6.07) is 12.3. The van der Waals surface area contributed by atoms with Crippen molar-refractivity contribution in [2.24, 2.45) is 11.8 Å². The van der Waals surface area contributed by atoms with E-state index in [2.05, 4.69) is 63.9 Å². The van der Waals surface area contributed by atoms with Crippen LogP contribution in [0, 0.1) is 11.8 Å². The largest absolute Gasteiger partial charge is 0.488 e. The molecule has 0 aliphatic carbocycles. The van der Waals surface area contributed by atoms with E-state index in [1.54, 1.807) is 18.0 Å². The van der Waals surface area contributed by atoms with Crippen LogP contribution >= 0.6 is 0 Å². The minimum Gasteiger partial charge on any atom is -0.488 e. The quantitative estimate of drug-likeness (QED) is 0.117. The van der Waals surface area contributed by atoms with Gasteiger partial charge >= 0.3 is 12.2 Å². The molecule has 0 spiro atoms. The molecule has 5 heterocycles. The first-order valence-corrected chi connectivity index (χ1v) is 20.9. The summed E-state index contributed by atoms with van der Waals surface area (Å²) >= 11 is 0. The van der Waals surface area contributed by atoms with Crippen LogP contribution < -0.4 is 15.4 Å². The van der Waals surface area contributed by atoms with Crippen LogP contribution in [0.15, 0.2) is 48.7 Å². The molecule has 2 aromatic heterocycles. The molecule has 16 heteroatoms. The van der Waals surface area contributed by atoms with Gasteiger partial charge in [0.1, 0.15) is 36.1 Å². The number of fused-ring (bicyclic) bond motifs is 6. The van der Waals surface area contributed by atoms with Gasteiger partial charge in [-0.3, -0.25) is 9.59 Å². The van der Waals surface area contributed by atoms with Gasteiger partial charge in [-0.2, -0.15) is 0 Å². The van der Waals surface area contributed by atoms with Crippen LogP contribution in [0.3, 0.4) is 0 Å². The number of amides is 4. The Morgan fingerprint density at radius 3 is 2.33 bits per heavy atom. The Morgan fingerprint density at radius 2 is 1.61 bits per heavy atom. The summed E-state index contributed by atoms with van der Waals surface area (Å²) in [5.41, 5.74) is 6.51. The zero-order chi connectivity index (χ0) is 43.3. The molecule has 322 valence electrons. The number of aromatic nitrogens is 4. The van der Waals surface area contributed by atoms with Crippen molar-refractivity contribution in [2.45, 2.75) is 96.8 Å². The normalized spacial score (nSPS) is 21.1. The minimum atomic E-state index is -0.922. The number of H-pyrrole nitrogens is 2. The lowest BCUT2D eigenvalue weighted by molar-refractivity contribution is -0.138. The van der Waals surface area contributed by atoms with Gasteiger partial charge in [-0.15, -0.1) is 0 Å². The van der Waals surface area contributed by atoms with E-state index in [1.165, 1.54) is 21.3 Å². The fourth-order valence-corrected chi connectivity index (χ4v) is 9.20. The van der Waals surface area contributed by atoms with E-state index >= 15 is 0 Å². The summed E-state index contributed by atoms with van der Waals surface area (Å²) in [5, 5.41) is 7.37. The molecule has 4 amide bonds. The second-order valence-corrected chi connectivity index (χ2v) is 16.9. The minimum absolute atomic E-state index is 0.0295. The maximum atomic E-state index is 14.0. The number of rotatable bonds is 10. The Kier molecular flexibility index (Phi) is 11.4. The first-order chi connectivity index (χ1) is 29.3. The van der Waals surface area contributed by atoms with Gasteiger partial charge in [-0.05, 0) is 91.3 Å². The van der Waals surface area contributed by atoms with Crippen LogP contribution in [0.4, 0.5) is 9.59 Å². The second-order valence-electron chi connectivity index (χ2n) is 16.9. The van der Waals surface area contributed by atoms with Crippen LogP contribution in [0.1, 0.15) is 83.2 Å². The monoisotopic (exact) mass is 834 g/mol. The Hall–Kier alpha value is -6.16. The highest BCUT2D eigenvalue weighted by molar-refractivity contribution is 6.07. The predicted octanol–water partition coefficient (Wildman–Crippen LogP) is 6.77. The number of hydrogen-bond acceptors (Lipinski definition) is 10. The molecule has 4 N–H and O–H groups in total. The first-order valence-electron chi connectivity index (χ1n) is 20.9. The van der Waals surface area contributed by atoms with Gasteiger partial charge in [0.05, 0.1) is 55.3 Å². The fourth-order valence-electron chi connectivity index (χ4n) is 9.20. The van der Waals surface area contributed by atoms with E-state index in [9.17, 15) is 19.2 Å². The van der Waals surface area contributed by atoms with Crippen LogP contribution in [0.25, 0.3) is 44.2 Å². The van der Waals surface area contributed by atoms with E-state index < -0.39 is 30.4 Å². The number of carbonyl (C=O) groups excluding carboxylic acids is 4. The summed E-state index contributed by atoms with van der Waals surface area (Å²) in [5.74, 6) is 1.82. The maximum Gasteiger partial charge on any atom is 0.407 e. The van der Waals surface area contributed by atoms with E-state index in [0.717, 1.165) is 68.3 Å². The standard InChI is InChI=1S/C45H54N8O8/c1-22(2)37(50-44(56)59-7)43(55)53-24(4)9-14-34(53)41-47-32-13-11-26-17-31-29-12-10-27(16-28(29)21-61-36(31)18-30(26)39(32)49-41)33-19-46-40(48-33)35-15-23(3)20-52(35)42(54)38(25(5)58-6)51-45(57)60-8/h10-13,16-19,22-25,34-35,37-38H,9,14-15,20-21H2,1-8H3,(H,46,48)(H,47,49)(H,50,56)(H,51,57)/t23-,24-,25+,34-,35-,37-,38?/m0/s1. The van der Waals surface area contributed by atoms with Crippen LogP contribution in [-0.4, -0.2) is 106 Å². The number of alkyl carbamates (subject to hydrolysis) is 2. The van der Waals surface area contributed by atoms with E-state index in [1.807, 2.05) is 31.7 Å². The van der Waals surface area contributed by atoms with Crippen molar-refractivity contribution < 1.29 is 38.1 Å². The number of ether oxygens (including phenoxy) is 4. The smallest absolute Gasteiger partial charge is 0.407 e. The molecular weight excluding hydrogens is 781 g/mol. The molecule has 3 aliphatic heterocycles. The van der Waals surface area contributed by atoms with Gasteiger partial charge < -0.3 is 49.3 Å². The molecule has 5 aromatic rings. The number of aromatic amines is 2. The summed E-state index contributed by atoms with van der Waals surface area (Å²) in [7, 11) is 4.05. The molecule has 0 radical (unpaired) electrons. The number of imidazole rings is 2. The Labute approximate surface area is 354 Å². The summed E-state index contributed by atoms with van der Waals surface area (Å²) in [6.45, 7) is 10.6. The summed E-state index contributed by atoms with van der Waals surface area (Å²) < 4.78 is 21.5. The lowest BCUT2D eigenvalue weighted by Gasteiger charge is -2.32. The molecule has 1 unspecified atom stereocenters. The molecule has 2 fully saturated rings. The third-order valence-corrected chi connectivity index (χ3v) is 12.6. The van der Waals surface area contributed by atoms with E-state index in [-0.39, 0.29) is 41.8 Å². The average Bonchev–Trinajstić information content (AvgIpc) is 4.08. The number of benzene rings is 3. The lowest BCUT2D eigenvalue weighted by Crippen LogP contribution is -2.54. The summed E-state index contributed by atoms with van der Waals surface area (Å²) in [6.07, 6.45) is 2.15. The van der Waals surface area contributed by atoms with Crippen molar-refractivity contribution in [3.63, 3.8) is 0 Å². The van der Waals surface area contributed by atoms with Crippen LogP contribution in [0.5, 0.6) is 5.75 Å². The molecule has 2 saturated heterocycles. The van der Waals surface area contributed by atoms with Gasteiger partial charge in [0.15, 0.2) is 0 Å². The van der Waals surface area contributed by atoms with Gasteiger partial charge in [0.2, 0.25) is 11.8 Å². The van der Waals surface area contributed by atoms with Crippen molar-refractivity contribution in [1.82, 2.24) is 40.4 Å². The van der Waals surface area contributed by atoms with Gasteiger partial charge in [0.25, 0.3) is 0 Å². The zero-order valence-corrected chi connectivity index (χ0v) is 35.8.